The van der Waals surface area contributed by atoms with Gasteiger partial charge in [0.1, 0.15) is 0 Å². The predicted molar refractivity (Wildman–Crippen MR) is 77.9 cm³/mol. The van der Waals surface area contributed by atoms with Crippen LogP contribution in [0.15, 0.2) is 0 Å². The number of hydrogen-bond acceptors (Lipinski definition) is 3. The number of ether oxygens (including phenoxy) is 1. The Kier molecular flexibility index (Phi) is 6.61. The molecule has 1 heterocycles. The van der Waals surface area contributed by atoms with Gasteiger partial charge in [-0.15, -0.1) is 0 Å². The van der Waals surface area contributed by atoms with Gasteiger partial charge in [0.05, 0.1) is 6.61 Å². The van der Waals surface area contributed by atoms with Crippen LogP contribution in [0.2, 0.25) is 0 Å². The first-order valence-electron chi connectivity index (χ1n) is 7.42. The van der Waals surface area contributed by atoms with E-state index in [1.54, 1.807) is 0 Å². The third-order valence-electron chi connectivity index (χ3n) is 3.54. The monoisotopic (exact) mass is 256 g/mol. The molecule has 1 aliphatic heterocycles. The van der Waals surface area contributed by atoms with Crippen LogP contribution in [-0.4, -0.2) is 51.3 Å². The summed E-state index contributed by atoms with van der Waals surface area (Å²) in [5.41, 5.74) is 0.332. The van der Waals surface area contributed by atoms with Gasteiger partial charge >= 0.3 is 0 Å². The lowest BCUT2D eigenvalue weighted by molar-refractivity contribution is 0.0969. The van der Waals surface area contributed by atoms with E-state index in [1.807, 2.05) is 0 Å². The molecule has 0 aliphatic carbocycles. The molecule has 1 N–H and O–H groups in total. The normalized spacial score (nSPS) is 24.7. The molecule has 0 saturated carbocycles. The molecule has 3 heteroatoms. The highest BCUT2D eigenvalue weighted by molar-refractivity contribution is 4.88. The minimum atomic E-state index is 0.332. The summed E-state index contributed by atoms with van der Waals surface area (Å²) in [6.07, 6.45) is 1.19. The minimum Gasteiger partial charge on any atom is -0.381 e. The second-order valence-corrected chi connectivity index (χ2v) is 6.81. The maximum atomic E-state index is 5.66. The Morgan fingerprint density at radius 2 is 1.78 bits per heavy atom. The third-order valence-corrected chi connectivity index (χ3v) is 3.54. The van der Waals surface area contributed by atoms with Crippen molar-refractivity contribution in [2.45, 2.75) is 34.1 Å². The lowest BCUT2D eigenvalue weighted by Crippen LogP contribution is -2.46. The van der Waals surface area contributed by atoms with E-state index in [9.17, 15) is 0 Å². The van der Waals surface area contributed by atoms with Crippen molar-refractivity contribution in [3.63, 3.8) is 0 Å². The van der Waals surface area contributed by atoms with Crippen LogP contribution in [0.1, 0.15) is 34.1 Å². The first-order valence-corrected chi connectivity index (χ1v) is 7.42. The fourth-order valence-electron chi connectivity index (χ4n) is 3.06. The third kappa shape index (κ3) is 5.25. The van der Waals surface area contributed by atoms with Crippen LogP contribution in [0, 0.1) is 17.3 Å². The summed E-state index contributed by atoms with van der Waals surface area (Å²) in [4.78, 5) is 2.64. The van der Waals surface area contributed by atoms with Crippen molar-refractivity contribution in [1.29, 1.82) is 0 Å². The molecule has 18 heavy (non-hydrogen) atoms. The first kappa shape index (κ1) is 15.9. The van der Waals surface area contributed by atoms with Crippen LogP contribution in [0.5, 0.6) is 0 Å². The predicted octanol–water partition coefficient (Wildman–Crippen LogP) is 2.23. The fourth-order valence-corrected chi connectivity index (χ4v) is 3.06. The van der Waals surface area contributed by atoms with Crippen LogP contribution in [0.4, 0.5) is 0 Å². The Hall–Kier alpha value is -0.120. The lowest BCUT2D eigenvalue weighted by atomic mass is 9.86. The zero-order chi connectivity index (χ0) is 13.6. The van der Waals surface area contributed by atoms with E-state index in [2.05, 4.69) is 45.0 Å². The van der Waals surface area contributed by atoms with Gasteiger partial charge < -0.3 is 15.0 Å². The minimum absolute atomic E-state index is 0.332. The lowest BCUT2D eigenvalue weighted by Gasteiger charge is -2.36. The van der Waals surface area contributed by atoms with E-state index in [0.29, 0.717) is 5.41 Å². The zero-order valence-corrected chi connectivity index (χ0v) is 13.0. The standard InChI is InChI=1S/C15H32N2O/c1-13(2)8-17(9-14(3)4)11-15(10-16-5)6-7-18-12-15/h13-14,16H,6-12H2,1-5H3. The Bertz CT molecular complexity index is 213. The van der Waals surface area contributed by atoms with Crippen molar-refractivity contribution in [2.75, 3.05) is 46.4 Å². The number of nitrogens with one attached hydrogen (secondary N) is 1. The SMILES string of the molecule is CNCC1(CN(CC(C)C)CC(C)C)CCOC1. The van der Waals surface area contributed by atoms with Crippen molar-refractivity contribution in [2.24, 2.45) is 17.3 Å². The molecule has 0 aromatic rings. The molecular formula is C15H32N2O. The molecular weight excluding hydrogens is 224 g/mol. The second-order valence-electron chi connectivity index (χ2n) is 6.81. The molecule has 3 nitrogen and oxygen atoms in total. The van der Waals surface area contributed by atoms with Gasteiger partial charge in [0.2, 0.25) is 0 Å². The highest BCUT2D eigenvalue weighted by Crippen LogP contribution is 2.29. The van der Waals surface area contributed by atoms with Crippen LogP contribution >= 0.6 is 0 Å². The largest absolute Gasteiger partial charge is 0.381 e. The number of hydrogen-bond donors (Lipinski definition) is 1. The molecule has 0 amide bonds. The molecule has 0 radical (unpaired) electrons. The molecule has 1 fully saturated rings. The smallest absolute Gasteiger partial charge is 0.0547 e. The van der Waals surface area contributed by atoms with Crippen molar-refractivity contribution < 1.29 is 4.74 Å². The number of nitrogens with zero attached hydrogens (tertiary/aromatic N) is 1. The molecule has 0 aromatic heterocycles. The van der Waals surface area contributed by atoms with Gasteiger partial charge in [-0.3, -0.25) is 0 Å². The Morgan fingerprint density at radius 1 is 1.17 bits per heavy atom. The van der Waals surface area contributed by atoms with Gasteiger partial charge in [0, 0.05) is 38.2 Å². The van der Waals surface area contributed by atoms with Crippen molar-refractivity contribution >= 4 is 0 Å². The topological polar surface area (TPSA) is 24.5 Å². The Labute approximate surface area is 113 Å². The van der Waals surface area contributed by atoms with Crippen molar-refractivity contribution in [3.8, 4) is 0 Å². The summed E-state index contributed by atoms with van der Waals surface area (Å²) in [6.45, 7) is 15.7. The fraction of sp³-hybridized carbons (Fsp3) is 1.00. The van der Waals surface area contributed by atoms with Gasteiger partial charge in [0.15, 0.2) is 0 Å². The zero-order valence-electron chi connectivity index (χ0n) is 13.0. The highest BCUT2D eigenvalue weighted by Gasteiger charge is 2.36. The van der Waals surface area contributed by atoms with Crippen LogP contribution in [0.3, 0.4) is 0 Å². The van der Waals surface area contributed by atoms with E-state index in [-0.39, 0.29) is 0 Å². The van der Waals surface area contributed by atoms with Gasteiger partial charge in [-0.05, 0) is 25.3 Å². The van der Waals surface area contributed by atoms with Gasteiger partial charge in [0.25, 0.3) is 0 Å². The van der Waals surface area contributed by atoms with Crippen molar-refractivity contribution in [1.82, 2.24) is 10.2 Å². The average Bonchev–Trinajstić information content (AvgIpc) is 2.64. The molecule has 1 rings (SSSR count). The summed E-state index contributed by atoms with van der Waals surface area (Å²) in [5, 5.41) is 3.36. The molecule has 1 unspecified atom stereocenters. The molecule has 0 spiro atoms. The summed E-state index contributed by atoms with van der Waals surface area (Å²) < 4.78 is 5.66. The molecule has 0 bridgehead atoms. The van der Waals surface area contributed by atoms with Gasteiger partial charge in [-0.2, -0.15) is 0 Å². The summed E-state index contributed by atoms with van der Waals surface area (Å²) in [5.74, 6) is 1.47. The maximum absolute atomic E-state index is 5.66. The first-order chi connectivity index (χ1) is 8.47. The quantitative estimate of drug-likeness (QED) is 0.721. The summed E-state index contributed by atoms with van der Waals surface area (Å²) in [6, 6.07) is 0. The summed E-state index contributed by atoms with van der Waals surface area (Å²) >= 11 is 0. The van der Waals surface area contributed by atoms with Crippen LogP contribution in [-0.2, 0) is 4.74 Å². The highest BCUT2D eigenvalue weighted by atomic mass is 16.5. The summed E-state index contributed by atoms with van der Waals surface area (Å²) in [7, 11) is 2.05. The molecule has 108 valence electrons. The van der Waals surface area contributed by atoms with Gasteiger partial charge in [-0.1, -0.05) is 27.7 Å². The Balaban J connectivity index is 2.60. The number of rotatable bonds is 8. The van der Waals surface area contributed by atoms with E-state index in [4.69, 9.17) is 4.74 Å². The average molecular weight is 256 g/mol. The van der Waals surface area contributed by atoms with E-state index in [1.165, 1.54) is 26.1 Å². The molecule has 1 saturated heterocycles. The maximum Gasteiger partial charge on any atom is 0.0547 e. The molecule has 0 aromatic carbocycles. The Morgan fingerprint density at radius 3 is 2.17 bits per heavy atom. The van der Waals surface area contributed by atoms with Crippen LogP contribution < -0.4 is 5.32 Å². The van der Waals surface area contributed by atoms with E-state index < -0.39 is 0 Å². The van der Waals surface area contributed by atoms with E-state index in [0.717, 1.165) is 31.6 Å². The van der Waals surface area contributed by atoms with E-state index >= 15 is 0 Å². The second kappa shape index (κ2) is 7.46. The van der Waals surface area contributed by atoms with Gasteiger partial charge in [-0.25, -0.2) is 0 Å². The van der Waals surface area contributed by atoms with Crippen molar-refractivity contribution in [3.05, 3.63) is 0 Å². The molecule has 1 aliphatic rings. The van der Waals surface area contributed by atoms with Crippen LogP contribution in [0.25, 0.3) is 0 Å². The molecule has 1 atom stereocenters.